The fourth-order valence-corrected chi connectivity index (χ4v) is 4.72. The number of sulfonamides is 1. The van der Waals surface area contributed by atoms with Gasteiger partial charge in [0.1, 0.15) is 0 Å². The van der Waals surface area contributed by atoms with E-state index in [0.717, 1.165) is 23.6 Å². The van der Waals surface area contributed by atoms with Crippen LogP contribution in [0.15, 0.2) is 34.3 Å². The Morgan fingerprint density at radius 3 is 2.70 bits per heavy atom. The number of amides is 1. The van der Waals surface area contributed by atoms with Gasteiger partial charge in [0.2, 0.25) is 10.0 Å². The zero-order chi connectivity index (χ0) is 16.9. The van der Waals surface area contributed by atoms with Crippen molar-refractivity contribution in [3.05, 3.63) is 29.8 Å². The van der Waals surface area contributed by atoms with Crippen molar-refractivity contribution in [2.75, 3.05) is 24.6 Å². The third-order valence-electron chi connectivity index (χ3n) is 3.56. The van der Waals surface area contributed by atoms with Crippen LogP contribution >= 0.6 is 11.8 Å². The Kier molecular flexibility index (Phi) is 6.20. The molecule has 1 aromatic rings. The lowest BCUT2D eigenvalue weighted by molar-refractivity contribution is 0.0954. The second kappa shape index (κ2) is 7.94. The van der Waals surface area contributed by atoms with Crippen LogP contribution in [0.1, 0.15) is 30.6 Å². The van der Waals surface area contributed by atoms with Crippen molar-refractivity contribution in [2.45, 2.75) is 25.2 Å². The van der Waals surface area contributed by atoms with Gasteiger partial charge in [-0.3, -0.25) is 4.79 Å². The Bertz CT molecular complexity index is 690. The number of nitrogens with one attached hydrogen (secondary N) is 1. The lowest BCUT2D eigenvalue weighted by Crippen LogP contribution is -2.30. The van der Waals surface area contributed by atoms with Crippen molar-refractivity contribution in [1.82, 2.24) is 9.73 Å². The molecule has 1 aliphatic heterocycles. The van der Waals surface area contributed by atoms with Gasteiger partial charge in [0, 0.05) is 30.1 Å². The maximum Gasteiger partial charge on any atom is 0.271 e. The monoisotopic (exact) mass is 355 g/mol. The molecule has 1 saturated heterocycles. The molecule has 0 unspecified atom stereocenters. The van der Waals surface area contributed by atoms with Gasteiger partial charge in [0.05, 0.1) is 4.90 Å². The molecule has 0 radical (unpaired) electrons. The number of rotatable bonds is 6. The van der Waals surface area contributed by atoms with Crippen LogP contribution in [0, 0.1) is 0 Å². The number of hydrazone groups is 1. The SMILES string of the molecule is CCN(CC)S(=O)(=O)c1cccc(C(=O)N/N=C2\CCSC2)c1. The number of benzene rings is 1. The molecule has 2 rings (SSSR count). The summed E-state index contributed by atoms with van der Waals surface area (Å²) in [4.78, 5) is 12.3. The van der Waals surface area contributed by atoms with Gasteiger partial charge in [-0.2, -0.15) is 21.2 Å². The van der Waals surface area contributed by atoms with Crippen LogP contribution in [0.4, 0.5) is 0 Å². The third-order valence-corrected chi connectivity index (χ3v) is 6.63. The zero-order valence-electron chi connectivity index (χ0n) is 13.3. The smallest absolute Gasteiger partial charge is 0.267 e. The molecule has 0 saturated carbocycles. The van der Waals surface area contributed by atoms with E-state index in [2.05, 4.69) is 10.5 Å². The number of hydrogen-bond donors (Lipinski definition) is 1. The average Bonchev–Trinajstić information content (AvgIpc) is 3.07. The summed E-state index contributed by atoms with van der Waals surface area (Å²) in [5, 5.41) is 4.10. The van der Waals surface area contributed by atoms with Crippen LogP contribution in [0.25, 0.3) is 0 Å². The predicted molar refractivity (Wildman–Crippen MR) is 93.4 cm³/mol. The Balaban J connectivity index is 2.19. The summed E-state index contributed by atoms with van der Waals surface area (Å²) >= 11 is 1.78. The molecule has 23 heavy (non-hydrogen) atoms. The van der Waals surface area contributed by atoms with Crippen LogP contribution in [-0.2, 0) is 10.0 Å². The number of carbonyl (C=O) groups excluding carboxylic acids is 1. The topological polar surface area (TPSA) is 78.8 Å². The lowest BCUT2D eigenvalue weighted by atomic mass is 10.2. The summed E-state index contributed by atoms with van der Waals surface area (Å²) in [6.07, 6.45) is 0.876. The predicted octanol–water partition coefficient (Wildman–Crippen LogP) is 1.94. The average molecular weight is 355 g/mol. The highest BCUT2D eigenvalue weighted by molar-refractivity contribution is 8.00. The van der Waals surface area contributed by atoms with Gasteiger partial charge in [0.15, 0.2) is 0 Å². The summed E-state index contributed by atoms with van der Waals surface area (Å²) in [6.45, 7) is 4.35. The number of thioether (sulfide) groups is 1. The molecule has 0 spiro atoms. The van der Waals surface area contributed by atoms with E-state index in [1.165, 1.54) is 16.4 Å². The Morgan fingerprint density at radius 1 is 1.35 bits per heavy atom. The molecule has 1 aliphatic rings. The number of carbonyl (C=O) groups is 1. The largest absolute Gasteiger partial charge is 0.271 e. The Hall–Kier alpha value is -1.38. The fraction of sp³-hybridized carbons (Fsp3) is 0.467. The first kappa shape index (κ1) is 18.0. The third kappa shape index (κ3) is 4.33. The molecular weight excluding hydrogens is 334 g/mol. The van der Waals surface area contributed by atoms with Crippen LogP contribution in [0.5, 0.6) is 0 Å². The van der Waals surface area contributed by atoms with Gasteiger partial charge >= 0.3 is 0 Å². The molecule has 0 aliphatic carbocycles. The van der Waals surface area contributed by atoms with E-state index in [0.29, 0.717) is 13.1 Å². The van der Waals surface area contributed by atoms with E-state index in [4.69, 9.17) is 0 Å². The van der Waals surface area contributed by atoms with E-state index in [9.17, 15) is 13.2 Å². The Labute approximate surface area is 141 Å². The molecule has 8 heteroatoms. The van der Waals surface area contributed by atoms with Crippen molar-refractivity contribution >= 4 is 33.4 Å². The quantitative estimate of drug-likeness (QED) is 0.791. The molecule has 126 valence electrons. The minimum atomic E-state index is -3.57. The van der Waals surface area contributed by atoms with Crippen molar-refractivity contribution in [1.29, 1.82) is 0 Å². The maximum absolute atomic E-state index is 12.5. The van der Waals surface area contributed by atoms with E-state index >= 15 is 0 Å². The normalized spacial score (nSPS) is 16.9. The van der Waals surface area contributed by atoms with Gasteiger partial charge in [-0.15, -0.1) is 0 Å². The molecule has 1 amide bonds. The van der Waals surface area contributed by atoms with Gasteiger partial charge in [-0.1, -0.05) is 19.9 Å². The first-order valence-electron chi connectivity index (χ1n) is 7.52. The molecule has 0 aromatic heterocycles. The van der Waals surface area contributed by atoms with Gasteiger partial charge in [0.25, 0.3) is 5.91 Å². The van der Waals surface area contributed by atoms with Crippen LogP contribution in [0.2, 0.25) is 0 Å². The molecule has 1 aromatic carbocycles. The van der Waals surface area contributed by atoms with Crippen LogP contribution in [0.3, 0.4) is 0 Å². The van der Waals surface area contributed by atoms with E-state index in [1.807, 2.05) is 0 Å². The second-order valence-corrected chi connectivity index (χ2v) is 8.08. The maximum atomic E-state index is 12.5. The molecule has 0 bridgehead atoms. The van der Waals surface area contributed by atoms with Crippen molar-refractivity contribution in [3.8, 4) is 0 Å². The summed E-state index contributed by atoms with van der Waals surface area (Å²) in [5.74, 6) is 1.45. The highest BCUT2D eigenvalue weighted by Crippen LogP contribution is 2.17. The summed E-state index contributed by atoms with van der Waals surface area (Å²) in [5.41, 5.74) is 3.74. The fourth-order valence-electron chi connectivity index (χ4n) is 2.25. The van der Waals surface area contributed by atoms with Gasteiger partial charge in [-0.05, 0) is 30.4 Å². The van der Waals surface area contributed by atoms with Crippen molar-refractivity contribution in [3.63, 3.8) is 0 Å². The molecule has 1 heterocycles. The summed E-state index contributed by atoms with van der Waals surface area (Å²) < 4.78 is 26.4. The van der Waals surface area contributed by atoms with E-state index in [-0.39, 0.29) is 10.5 Å². The lowest BCUT2D eigenvalue weighted by Gasteiger charge is -2.18. The number of hydrogen-bond acceptors (Lipinski definition) is 5. The highest BCUT2D eigenvalue weighted by atomic mass is 32.2. The summed E-state index contributed by atoms with van der Waals surface area (Å²) in [7, 11) is -3.57. The van der Waals surface area contributed by atoms with Gasteiger partial charge < -0.3 is 0 Å². The molecule has 6 nitrogen and oxygen atoms in total. The zero-order valence-corrected chi connectivity index (χ0v) is 14.9. The van der Waals surface area contributed by atoms with Crippen LogP contribution in [-0.4, -0.2) is 48.9 Å². The molecule has 1 N–H and O–H groups in total. The van der Waals surface area contributed by atoms with E-state index in [1.54, 1.807) is 37.7 Å². The molecular formula is C15H21N3O3S2. The first-order valence-corrected chi connectivity index (χ1v) is 10.1. The minimum Gasteiger partial charge on any atom is -0.267 e. The van der Waals surface area contributed by atoms with E-state index < -0.39 is 15.9 Å². The Morgan fingerprint density at radius 2 is 2.09 bits per heavy atom. The summed E-state index contributed by atoms with van der Waals surface area (Å²) in [6, 6.07) is 6.06. The molecule has 1 fully saturated rings. The van der Waals surface area contributed by atoms with Gasteiger partial charge in [-0.25, -0.2) is 13.8 Å². The molecule has 0 atom stereocenters. The van der Waals surface area contributed by atoms with Crippen molar-refractivity contribution < 1.29 is 13.2 Å². The minimum absolute atomic E-state index is 0.123. The first-order chi connectivity index (χ1) is 11.0. The standard InChI is InChI=1S/C15H21N3O3S2/c1-3-18(4-2)23(20,21)14-7-5-6-12(10-14)15(19)17-16-13-8-9-22-11-13/h5-7,10H,3-4,8-9,11H2,1-2H3,(H,17,19)/b16-13+. The highest BCUT2D eigenvalue weighted by Gasteiger charge is 2.22. The second-order valence-electron chi connectivity index (χ2n) is 5.04. The van der Waals surface area contributed by atoms with Crippen molar-refractivity contribution in [2.24, 2.45) is 5.10 Å². The number of nitrogens with zero attached hydrogens (tertiary/aromatic N) is 2. The van der Waals surface area contributed by atoms with Crippen LogP contribution < -0.4 is 5.43 Å².